The van der Waals surface area contributed by atoms with Crippen molar-refractivity contribution < 1.29 is 0 Å². The van der Waals surface area contributed by atoms with Crippen LogP contribution in [0.25, 0.3) is 0 Å². The van der Waals surface area contributed by atoms with Crippen LogP contribution in [0.15, 0.2) is 66.3 Å². The Hall–Kier alpha value is -3.13. The Labute approximate surface area is 136 Å². The Bertz CT molecular complexity index is 731. The van der Waals surface area contributed by atoms with Gasteiger partial charge in [0.1, 0.15) is 6.04 Å². The summed E-state index contributed by atoms with van der Waals surface area (Å²) in [4.78, 5) is 9.96. The van der Waals surface area contributed by atoms with Crippen molar-refractivity contribution in [1.29, 1.82) is 5.26 Å². The molecular formula is C18H19N5. The van der Waals surface area contributed by atoms with Crippen LogP contribution in [0.5, 0.6) is 0 Å². The van der Waals surface area contributed by atoms with Gasteiger partial charge in [0.05, 0.1) is 12.2 Å². The quantitative estimate of drug-likeness (QED) is 0.303. The largest absolute Gasteiger partial charge is 0.369 e. The van der Waals surface area contributed by atoms with Gasteiger partial charge in [-0.3, -0.25) is 4.98 Å². The minimum Gasteiger partial charge on any atom is -0.369 e. The number of guanidine groups is 1. The van der Waals surface area contributed by atoms with E-state index in [2.05, 4.69) is 22.7 Å². The summed E-state index contributed by atoms with van der Waals surface area (Å²) in [6, 6.07) is 13.0. The summed E-state index contributed by atoms with van der Waals surface area (Å²) in [6.45, 7) is 5.97. The third-order valence-corrected chi connectivity index (χ3v) is 3.45. The van der Waals surface area contributed by atoms with Gasteiger partial charge in [-0.2, -0.15) is 5.26 Å². The van der Waals surface area contributed by atoms with E-state index in [9.17, 15) is 5.26 Å². The van der Waals surface area contributed by atoms with Crippen molar-refractivity contribution in [3.63, 3.8) is 0 Å². The van der Waals surface area contributed by atoms with E-state index in [1.54, 1.807) is 12.3 Å². The highest BCUT2D eigenvalue weighted by Crippen LogP contribution is 2.29. The lowest BCUT2D eigenvalue weighted by atomic mass is 9.97. The van der Waals surface area contributed by atoms with Crippen molar-refractivity contribution in [1.82, 2.24) is 9.88 Å². The first-order chi connectivity index (χ1) is 11.2. The van der Waals surface area contributed by atoms with Crippen molar-refractivity contribution >= 4 is 5.96 Å². The number of nitriles is 1. The SMILES string of the molecule is C=CCN=C(N)N(C#N)C(c1ccccn1)c1ccccc1C. The zero-order valence-electron chi connectivity index (χ0n) is 13.1. The van der Waals surface area contributed by atoms with Gasteiger partial charge in [0.15, 0.2) is 6.19 Å². The molecule has 1 atom stereocenters. The smallest absolute Gasteiger partial charge is 0.206 e. The molecule has 1 unspecified atom stereocenters. The molecule has 2 N–H and O–H groups in total. The maximum Gasteiger partial charge on any atom is 0.206 e. The third-order valence-electron chi connectivity index (χ3n) is 3.45. The number of hydrogen-bond acceptors (Lipinski definition) is 3. The number of nitrogens with zero attached hydrogens (tertiary/aromatic N) is 4. The van der Waals surface area contributed by atoms with Gasteiger partial charge in [-0.05, 0) is 30.2 Å². The predicted molar refractivity (Wildman–Crippen MR) is 91.4 cm³/mol. The van der Waals surface area contributed by atoms with Gasteiger partial charge < -0.3 is 5.73 Å². The molecule has 0 aliphatic rings. The minimum atomic E-state index is -0.420. The van der Waals surface area contributed by atoms with Crippen LogP contribution in [0.2, 0.25) is 0 Å². The van der Waals surface area contributed by atoms with Crippen LogP contribution in [0, 0.1) is 18.4 Å². The van der Waals surface area contributed by atoms with Crippen LogP contribution in [0.1, 0.15) is 22.9 Å². The molecular weight excluding hydrogens is 286 g/mol. The van der Waals surface area contributed by atoms with Gasteiger partial charge in [-0.1, -0.05) is 36.4 Å². The zero-order chi connectivity index (χ0) is 16.7. The highest BCUT2D eigenvalue weighted by Gasteiger charge is 2.26. The minimum absolute atomic E-state index is 0.145. The topological polar surface area (TPSA) is 78.3 Å². The van der Waals surface area contributed by atoms with E-state index in [1.807, 2.05) is 49.4 Å². The summed E-state index contributed by atoms with van der Waals surface area (Å²) < 4.78 is 0. The van der Waals surface area contributed by atoms with Gasteiger partial charge >= 0.3 is 0 Å². The second-order valence-electron chi connectivity index (χ2n) is 4.97. The first kappa shape index (κ1) is 16.2. The fraction of sp³-hybridized carbons (Fsp3) is 0.167. The number of rotatable bonds is 5. The third kappa shape index (κ3) is 3.74. The molecule has 0 aliphatic heterocycles. The van der Waals surface area contributed by atoms with Gasteiger partial charge in [-0.25, -0.2) is 9.89 Å². The number of aliphatic imine (C=N–C) groups is 1. The molecule has 2 rings (SSSR count). The molecule has 0 spiro atoms. The van der Waals surface area contributed by atoms with Gasteiger partial charge in [0.2, 0.25) is 5.96 Å². The molecule has 0 bridgehead atoms. The second-order valence-corrected chi connectivity index (χ2v) is 4.97. The molecule has 2 aromatic rings. The Morgan fingerprint density at radius 2 is 2.13 bits per heavy atom. The lowest BCUT2D eigenvalue weighted by Crippen LogP contribution is -2.38. The van der Waals surface area contributed by atoms with Crippen molar-refractivity contribution in [2.75, 3.05) is 6.54 Å². The van der Waals surface area contributed by atoms with E-state index >= 15 is 0 Å². The van der Waals surface area contributed by atoms with Crippen molar-refractivity contribution in [3.8, 4) is 6.19 Å². The summed E-state index contributed by atoms with van der Waals surface area (Å²) in [5.74, 6) is 0.145. The summed E-state index contributed by atoms with van der Waals surface area (Å²) in [6.07, 6.45) is 5.47. The average molecular weight is 305 g/mol. The molecule has 23 heavy (non-hydrogen) atoms. The van der Waals surface area contributed by atoms with E-state index in [-0.39, 0.29) is 5.96 Å². The van der Waals surface area contributed by atoms with Crippen molar-refractivity contribution in [2.45, 2.75) is 13.0 Å². The molecule has 0 fully saturated rings. The summed E-state index contributed by atoms with van der Waals surface area (Å²) >= 11 is 0. The van der Waals surface area contributed by atoms with E-state index in [1.165, 1.54) is 4.90 Å². The molecule has 0 aliphatic carbocycles. The molecule has 5 heteroatoms. The van der Waals surface area contributed by atoms with Crippen LogP contribution in [-0.2, 0) is 0 Å². The van der Waals surface area contributed by atoms with Crippen molar-refractivity contribution in [3.05, 3.63) is 78.1 Å². The number of hydrogen-bond donors (Lipinski definition) is 1. The Morgan fingerprint density at radius 1 is 1.39 bits per heavy atom. The lowest BCUT2D eigenvalue weighted by molar-refractivity contribution is 0.469. The van der Waals surface area contributed by atoms with Crippen molar-refractivity contribution in [2.24, 2.45) is 10.7 Å². The molecule has 0 saturated heterocycles. The molecule has 0 saturated carbocycles. The summed E-state index contributed by atoms with van der Waals surface area (Å²) in [7, 11) is 0. The van der Waals surface area contributed by atoms with E-state index in [4.69, 9.17) is 5.73 Å². The standard InChI is InChI=1S/C18H19N5/c1-3-11-22-18(20)23(13-19)17(16-10-6-7-12-21-16)15-9-5-4-8-14(15)2/h3-10,12,17H,1,11H2,2H3,(H2,20,22). The molecule has 1 aromatic heterocycles. The highest BCUT2D eigenvalue weighted by molar-refractivity contribution is 5.80. The Morgan fingerprint density at radius 3 is 2.74 bits per heavy atom. The lowest BCUT2D eigenvalue weighted by Gasteiger charge is -2.27. The van der Waals surface area contributed by atoms with Crippen LogP contribution >= 0.6 is 0 Å². The summed E-state index contributed by atoms with van der Waals surface area (Å²) in [5.41, 5.74) is 8.77. The van der Waals surface area contributed by atoms with Crippen LogP contribution < -0.4 is 5.73 Å². The first-order valence-corrected chi connectivity index (χ1v) is 7.25. The monoisotopic (exact) mass is 305 g/mol. The maximum atomic E-state index is 9.64. The number of pyridine rings is 1. The number of aromatic nitrogens is 1. The van der Waals surface area contributed by atoms with Crippen LogP contribution in [0.3, 0.4) is 0 Å². The van der Waals surface area contributed by atoms with E-state index in [0.717, 1.165) is 16.8 Å². The average Bonchev–Trinajstić information content (AvgIpc) is 2.59. The molecule has 116 valence electrons. The Balaban J connectivity index is 2.56. The number of nitrogens with two attached hydrogens (primary N) is 1. The molecule has 0 amide bonds. The van der Waals surface area contributed by atoms with E-state index in [0.29, 0.717) is 6.54 Å². The van der Waals surface area contributed by atoms with E-state index < -0.39 is 6.04 Å². The molecule has 1 aromatic carbocycles. The van der Waals surface area contributed by atoms with Gasteiger partial charge in [-0.15, -0.1) is 6.58 Å². The Kier molecular flexibility index (Phi) is 5.48. The fourth-order valence-corrected chi connectivity index (χ4v) is 2.34. The molecule has 0 radical (unpaired) electrons. The maximum absolute atomic E-state index is 9.64. The van der Waals surface area contributed by atoms with Crippen LogP contribution in [-0.4, -0.2) is 22.4 Å². The first-order valence-electron chi connectivity index (χ1n) is 7.25. The zero-order valence-corrected chi connectivity index (χ0v) is 13.1. The van der Waals surface area contributed by atoms with Crippen LogP contribution in [0.4, 0.5) is 0 Å². The molecule has 1 heterocycles. The molecule has 5 nitrogen and oxygen atoms in total. The van der Waals surface area contributed by atoms with Gasteiger partial charge in [0.25, 0.3) is 0 Å². The van der Waals surface area contributed by atoms with Gasteiger partial charge in [0, 0.05) is 6.20 Å². The predicted octanol–water partition coefficient (Wildman–Crippen LogP) is 2.76. The fourth-order valence-electron chi connectivity index (χ4n) is 2.34. The number of benzene rings is 1. The second kappa shape index (κ2) is 7.76. The number of aryl methyl sites for hydroxylation is 1. The summed E-state index contributed by atoms with van der Waals surface area (Å²) in [5, 5.41) is 9.64. The normalized spacial score (nSPS) is 12.3. The highest BCUT2D eigenvalue weighted by atomic mass is 15.3.